The molecule has 2 saturated heterocycles. The molecule has 0 saturated carbocycles. The average Bonchev–Trinajstić information content (AvgIpc) is 3.19. The second-order valence-corrected chi connectivity index (χ2v) is 6.15. The number of ether oxygens (including phenoxy) is 4. The van der Waals surface area contributed by atoms with Gasteiger partial charge in [-0.1, -0.05) is 27.7 Å². The van der Waals surface area contributed by atoms with Gasteiger partial charge in [0.25, 0.3) is 0 Å². The van der Waals surface area contributed by atoms with Crippen molar-refractivity contribution in [3.8, 4) is 0 Å². The van der Waals surface area contributed by atoms with Gasteiger partial charge in [0, 0.05) is 0 Å². The number of hydrogen-bond acceptors (Lipinski definition) is 6. The molecular weight excluding hydrogens is 288 g/mol. The molecular formula is C16H30O6. The molecule has 0 aromatic heterocycles. The van der Waals surface area contributed by atoms with Gasteiger partial charge >= 0.3 is 0 Å². The van der Waals surface area contributed by atoms with Gasteiger partial charge in [0.15, 0.2) is 11.6 Å². The van der Waals surface area contributed by atoms with E-state index in [1.165, 1.54) is 0 Å². The lowest BCUT2D eigenvalue weighted by Gasteiger charge is -2.30. The summed E-state index contributed by atoms with van der Waals surface area (Å²) in [5, 5.41) is 20.9. The summed E-state index contributed by atoms with van der Waals surface area (Å²) in [7, 11) is 0. The minimum absolute atomic E-state index is 0.278. The van der Waals surface area contributed by atoms with Gasteiger partial charge in [0.2, 0.25) is 0 Å². The zero-order chi connectivity index (χ0) is 16.4. The van der Waals surface area contributed by atoms with E-state index >= 15 is 0 Å². The van der Waals surface area contributed by atoms with E-state index in [1.807, 2.05) is 27.7 Å². The first-order chi connectivity index (χ1) is 10.4. The van der Waals surface area contributed by atoms with Crippen LogP contribution in [0, 0.1) is 0 Å². The van der Waals surface area contributed by atoms with Crippen LogP contribution in [0.5, 0.6) is 0 Å². The van der Waals surface area contributed by atoms with Gasteiger partial charge in [-0.05, 0) is 25.7 Å². The Balaban J connectivity index is 1.95. The fraction of sp³-hybridized carbons (Fsp3) is 1.00. The predicted octanol–water partition coefficient (Wildman–Crippen LogP) is 1.57. The van der Waals surface area contributed by atoms with Crippen LogP contribution in [0.2, 0.25) is 0 Å². The molecule has 0 radical (unpaired) electrons. The quantitative estimate of drug-likeness (QED) is 0.742. The highest BCUT2D eigenvalue weighted by Crippen LogP contribution is 2.35. The van der Waals surface area contributed by atoms with Crippen molar-refractivity contribution < 1.29 is 29.2 Å². The molecule has 0 aromatic rings. The summed E-state index contributed by atoms with van der Waals surface area (Å²) in [5.41, 5.74) is 0. The third-order valence-electron chi connectivity index (χ3n) is 5.02. The maximum absolute atomic E-state index is 10.4. The maximum atomic E-state index is 10.4. The largest absolute Gasteiger partial charge is 0.387 e. The molecule has 0 spiro atoms. The molecule has 0 amide bonds. The van der Waals surface area contributed by atoms with Crippen LogP contribution >= 0.6 is 0 Å². The van der Waals surface area contributed by atoms with Gasteiger partial charge in [-0.25, -0.2) is 0 Å². The Morgan fingerprint density at radius 1 is 0.773 bits per heavy atom. The molecule has 0 aromatic carbocycles. The fourth-order valence-corrected chi connectivity index (χ4v) is 3.17. The average molecular weight is 318 g/mol. The molecule has 2 fully saturated rings. The van der Waals surface area contributed by atoms with E-state index in [2.05, 4.69) is 0 Å². The van der Waals surface area contributed by atoms with E-state index in [0.717, 1.165) is 0 Å². The van der Waals surface area contributed by atoms with Crippen molar-refractivity contribution in [1.82, 2.24) is 0 Å². The lowest BCUT2D eigenvalue weighted by atomic mass is 10.0. The summed E-state index contributed by atoms with van der Waals surface area (Å²) in [5.74, 6) is -1.29. The third-order valence-corrected chi connectivity index (χ3v) is 5.02. The minimum atomic E-state index is -1.06. The summed E-state index contributed by atoms with van der Waals surface area (Å²) < 4.78 is 23.1. The van der Waals surface area contributed by atoms with Gasteiger partial charge in [-0.2, -0.15) is 0 Å². The summed E-state index contributed by atoms with van der Waals surface area (Å²) in [6, 6.07) is 0. The normalized spacial score (nSPS) is 33.0. The second-order valence-electron chi connectivity index (χ2n) is 6.15. The van der Waals surface area contributed by atoms with Crippen LogP contribution < -0.4 is 0 Å². The number of rotatable bonds is 7. The van der Waals surface area contributed by atoms with Crippen molar-refractivity contribution in [3.63, 3.8) is 0 Å². The van der Waals surface area contributed by atoms with Crippen molar-refractivity contribution in [2.24, 2.45) is 0 Å². The Labute approximate surface area is 132 Å². The Hall–Kier alpha value is -0.240. The Morgan fingerprint density at radius 3 is 1.32 bits per heavy atom. The van der Waals surface area contributed by atoms with Crippen LogP contribution in [0.25, 0.3) is 0 Å². The molecule has 130 valence electrons. The Bertz CT molecular complexity index is 319. The third kappa shape index (κ3) is 3.32. The van der Waals surface area contributed by atoms with Crippen molar-refractivity contribution in [1.29, 1.82) is 0 Å². The van der Waals surface area contributed by atoms with Crippen LogP contribution in [0.1, 0.15) is 53.4 Å². The number of aliphatic hydroxyl groups excluding tert-OH is 2. The van der Waals surface area contributed by atoms with Crippen molar-refractivity contribution in [2.75, 3.05) is 13.2 Å². The maximum Gasteiger partial charge on any atom is 0.168 e. The lowest BCUT2D eigenvalue weighted by molar-refractivity contribution is -0.206. The number of hydrogen-bond donors (Lipinski definition) is 2. The molecule has 22 heavy (non-hydrogen) atoms. The van der Waals surface area contributed by atoms with Crippen LogP contribution in [-0.2, 0) is 18.9 Å². The van der Waals surface area contributed by atoms with Gasteiger partial charge in [-0.3, -0.25) is 0 Å². The predicted molar refractivity (Wildman–Crippen MR) is 80.3 cm³/mol. The van der Waals surface area contributed by atoms with Gasteiger partial charge in [-0.15, -0.1) is 0 Å². The molecule has 2 heterocycles. The Morgan fingerprint density at radius 2 is 1.09 bits per heavy atom. The van der Waals surface area contributed by atoms with E-state index in [4.69, 9.17) is 18.9 Å². The van der Waals surface area contributed by atoms with E-state index < -0.39 is 36.0 Å². The van der Waals surface area contributed by atoms with E-state index in [9.17, 15) is 10.2 Å². The molecule has 2 rings (SSSR count). The molecule has 6 heteroatoms. The van der Waals surface area contributed by atoms with E-state index in [-0.39, 0.29) is 13.2 Å². The summed E-state index contributed by atoms with van der Waals surface area (Å²) >= 11 is 0. The van der Waals surface area contributed by atoms with Gasteiger partial charge < -0.3 is 29.2 Å². The summed E-state index contributed by atoms with van der Waals surface area (Å²) in [6.07, 6.45) is -0.368. The molecule has 6 nitrogen and oxygen atoms in total. The Kier molecular flexibility index (Phi) is 5.85. The first-order valence-electron chi connectivity index (χ1n) is 8.44. The van der Waals surface area contributed by atoms with Crippen molar-refractivity contribution in [3.05, 3.63) is 0 Å². The first-order valence-corrected chi connectivity index (χ1v) is 8.44. The summed E-state index contributed by atoms with van der Waals surface area (Å²) in [6.45, 7) is 8.50. The van der Waals surface area contributed by atoms with Crippen LogP contribution in [-0.4, -0.2) is 59.4 Å². The highest BCUT2D eigenvalue weighted by molar-refractivity contribution is 4.91. The molecule has 0 bridgehead atoms. The molecule has 1 unspecified atom stereocenters. The van der Waals surface area contributed by atoms with Crippen LogP contribution in [0.15, 0.2) is 0 Å². The monoisotopic (exact) mass is 318 g/mol. The van der Waals surface area contributed by atoms with Crippen molar-refractivity contribution in [2.45, 2.75) is 89.4 Å². The zero-order valence-corrected chi connectivity index (χ0v) is 14.1. The fourth-order valence-electron chi connectivity index (χ4n) is 3.17. The van der Waals surface area contributed by atoms with Crippen LogP contribution in [0.3, 0.4) is 0 Å². The number of aliphatic hydroxyl groups is 2. The summed E-state index contributed by atoms with van der Waals surface area (Å²) in [4.78, 5) is 0. The highest BCUT2D eigenvalue weighted by atomic mass is 16.8. The molecule has 0 aliphatic carbocycles. The zero-order valence-electron chi connectivity index (χ0n) is 14.1. The highest BCUT2D eigenvalue weighted by Gasteiger charge is 2.48. The molecule has 2 aliphatic rings. The first kappa shape index (κ1) is 18.1. The molecule has 2 aliphatic heterocycles. The SMILES string of the molecule is CCC1(CC)OCC([C@@H](O)[C@H](O)[C@H]2COC(CC)(CC)O2)O1. The lowest BCUT2D eigenvalue weighted by Crippen LogP contribution is -2.47. The molecule has 2 N–H and O–H groups in total. The topological polar surface area (TPSA) is 77.4 Å². The van der Waals surface area contributed by atoms with E-state index in [0.29, 0.717) is 25.7 Å². The smallest absolute Gasteiger partial charge is 0.168 e. The van der Waals surface area contributed by atoms with Gasteiger partial charge in [0.1, 0.15) is 24.4 Å². The van der Waals surface area contributed by atoms with Crippen LogP contribution in [0.4, 0.5) is 0 Å². The second kappa shape index (κ2) is 7.11. The van der Waals surface area contributed by atoms with Gasteiger partial charge in [0.05, 0.1) is 13.2 Å². The standard InChI is InChI=1S/C16H30O6/c1-5-15(6-2)19-9-11(21-15)13(17)14(18)12-10-20-16(7-3,8-4)22-12/h11-14,17-18H,5-10H2,1-4H3/t11-,12?,13-,14-/m1/s1. The molecule has 4 atom stereocenters. The minimum Gasteiger partial charge on any atom is -0.387 e. The van der Waals surface area contributed by atoms with Crippen molar-refractivity contribution >= 4 is 0 Å². The van der Waals surface area contributed by atoms with E-state index in [1.54, 1.807) is 0 Å².